The first-order valence-electron chi connectivity index (χ1n) is 8.92. The molecule has 1 rings (SSSR count). The van der Waals surface area contributed by atoms with E-state index in [2.05, 4.69) is 36.0 Å². The number of carbonyl (C=O) groups is 3. The first-order chi connectivity index (χ1) is 13.3. The molecule has 0 unspecified atom stereocenters. The number of primary amides is 1. The number of hydrogen-bond donors (Lipinski definition) is 4. The number of nitrogens with two attached hydrogens (primary N) is 1. The Kier molecular flexibility index (Phi) is 9.58. The van der Waals surface area contributed by atoms with Gasteiger partial charge in [-0.25, -0.2) is 0 Å². The van der Waals surface area contributed by atoms with Gasteiger partial charge in [0.1, 0.15) is 6.04 Å². The zero-order valence-corrected chi connectivity index (χ0v) is 15.9. The molecule has 0 radical (unpaired) electrons. The Labute approximate surface area is 162 Å². The van der Waals surface area contributed by atoms with Gasteiger partial charge >= 0.3 is 0 Å². The zero-order chi connectivity index (χ0) is 21.1. The Morgan fingerprint density at radius 1 is 1.21 bits per heavy atom. The predicted octanol–water partition coefficient (Wildman–Crippen LogP) is 0.0861. The van der Waals surface area contributed by atoms with Crippen LogP contribution < -0.4 is 21.7 Å². The van der Waals surface area contributed by atoms with E-state index in [1.54, 1.807) is 0 Å². The van der Waals surface area contributed by atoms with E-state index in [9.17, 15) is 14.4 Å². The molecule has 1 fully saturated rings. The van der Waals surface area contributed by atoms with Crippen LogP contribution in [0.1, 0.15) is 26.7 Å². The second kappa shape index (κ2) is 11.7. The van der Waals surface area contributed by atoms with Crippen LogP contribution in [0.5, 0.6) is 0 Å². The number of nitrogens with one attached hydrogen (secondary N) is 3. The van der Waals surface area contributed by atoms with Crippen molar-refractivity contribution in [3.63, 3.8) is 0 Å². The normalized spacial score (nSPS) is 21.9. The van der Waals surface area contributed by atoms with E-state index in [1.165, 1.54) is 0 Å². The van der Waals surface area contributed by atoms with Gasteiger partial charge < -0.3 is 21.7 Å². The fourth-order valence-corrected chi connectivity index (χ4v) is 3.09. The van der Waals surface area contributed by atoms with Gasteiger partial charge in [-0.05, 0) is 35.7 Å². The minimum Gasteiger partial charge on any atom is -0.368 e. The molecule has 0 aliphatic carbocycles. The third-order valence-electron chi connectivity index (χ3n) is 4.28. The van der Waals surface area contributed by atoms with Crippen molar-refractivity contribution in [3.05, 3.63) is 20.9 Å². The molecular formula is C15H26N10O3. The van der Waals surface area contributed by atoms with E-state index in [4.69, 9.17) is 16.8 Å². The molecule has 1 aliphatic heterocycles. The molecule has 154 valence electrons. The molecule has 13 heteroatoms. The fraction of sp³-hybridized carbons (Fsp3) is 0.800. The molecule has 4 atom stereocenters. The van der Waals surface area contributed by atoms with Crippen LogP contribution in [0.15, 0.2) is 10.2 Å². The molecule has 5 N–H and O–H groups in total. The number of amides is 3. The molecule has 3 amide bonds. The minimum atomic E-state index is -0.843. The van der Waals surface area contributed by atoms with Crippen LogP contribution in [0.2, 0.25) is 0 Å². The quantitative estimate of drug-likeness (QED) is 0.218. The number of nitrogens with zero attached hydrogens (tertiary/aromatic N) is 6. The van der Waals surface area contributed by atoms with Gasteiger partial charge in [0, 0.05) is 29.0 Å². The summed E-state index contributed by atoms with van der Waals surface area (Å²) >= 11 is 0. The molecule has 1 aliphatic rings. The highest BCUT2D eigenvalue weighted by molar-refractivity contribution is 5.91. The Morgan fingerprint density at radius 3 is 2.43 bits per heavy atom. The summed E-state index contributed by atoms with van der Waals surface area (Å²) in [5.41, 5.74) is 22.1. The van der Waals surface area contributed by atoms with Crippen molar-refractivity contribution in [1.29, 1.82) is 0 Å². The summed E-state index contributed by atoms with van der Waals surface area (Å²) in [4.78, 5) is 41.4. The van der Waals surface area contributed by atoms with E-state index >= 15 is 0 Å². The van der Waals surface area contributed by atoms with Gasteiger partial charge in [-0.15, -0.1) is 0 Å². The average Bonchev–Trinajstić information content (AvgIpc) is 3.04. The van der Waals surface area contributed by atoms with E-state index in [1.807, 2.05) is 13.8 Å². The standard InChI is InChI=1S/C15H26N10O3/c1-8(2)3-11(14(27)19-7-12(16)26)23-15(28)13-9(5-20-24-17)4-10(22-13)6-21-25-18/h8-11,13,22H,3-7H2,1-2H3,(H2,16,26)(H,19,27)(H,23,28)/t9-,10+,11-,13+/m0/s1. The van der Waals surface area contributed by atoms with Crippen molar-refractivity contribution >= 4 is 17.7 Å². The van der Waals surface area contributed by atoms with Crippen molar-refractivity contribution in [3.8, 4) is 0 Å². The highest BCUT2D eigenvalue weighted by atomic mass is 16.2. The van der Waals surface area contributed by atoms with Crippen molar-refractivity contribution in [1.82, 2.24) is 16.0 Å². The highest BCUT2D eigenvalue weighted by Crippen LogP contribution is 2.22. The SMILES string of the molecule is CC(C)C[C@H](NC(=O)[C@@H]1N[C@@H](CN=[N+]=[N-])C[C@H]1CN=[N+]=[N-])C(=O)NCC(N)=O. The predicted molar refractivity (Wildman–Crippen MR) is 100 cm³/mol. The maximum Gasteiger partial charge on any atom is 0.243 e. The zero-order valence-electron chi connectivity index (χ0n) is 15.9. The Balaban J connectivity index is 2.86. The van der Waals surface area contributed by atoms with Crippen LogP contribution >= 0.6 is 0 Å². The maximum absolute atomic E-state index is 12.8. The van der Waals surface area contributed by atoms with Crippen molar-refractivity contribution in [2.75, 3.05) is 19.6 Å². The van der Waals surface area contributed by atoms with E-state index in [0.29, 0.717) is 12.8 Å². The van der Waals surface area contributed by atoms with Crippen molar-refractivity contribution in [2.45, 2.75) is 44.8 Å². The second-order valence-electron chi connectivity index (χ2n) is 7.04. The lowest BCUT2D eigenvalue weighted by Crippen LogP contribution is -2.54. The summed E-state index contributed by atoms with van der Waals surface area (Å²) in [7, 11) is 0. The van der Waals surface area contributed by atoms with Crippen LogP contribution in [0.25, 0.3) is 20.9 Å². The minimum absolute atomic E-state index is 0.0943. The third kappa shape index (κ3) is 7.70. The van der Waals surface area contributed by atoms with Crippen LogP contribution in [0, 0.1) is 11.8 Å². The molecule has 0 aromatic carbocycles. The summed E-state index contributed by atoms with van der Waals surface area (Å²) in [5, 5.41) is 15.2. The van der Waals surface area contributed by atoms with Gasteiger partial charge in [-0.2, -0.15) is 0 Å². The summed E-state index contributed by atoms with van der Waals surface area (Å²) in [6, 6.07) is -1.79. The number of carbonyl (C=O) groups excluding carboxylic acids is 3. The molecule has 1 saturated heterocycles. The van der Waals surface area contributed by atoms with E-state index in [-0.39, 0.29) is 37.5 Å². The number of azide groups is 2. The topological polar surface area (TPSA) is 211 Å². The molecule has 13 nitrogen and oxygen atoms in total. The smallest absolute Gasteiger partial charge is 0.243 e. The van der Waals surface area contributed by atoms with Crippen LogP contribution in [0.4, 0.5) is 0 Å². The molecule has 0 bridgehead atoms. The average molecular weight is 394 g/mol. The molecule has 1 heterocycles. The molecule has 0 aromatic heterocycles. The van der Waals surface area contributed by atoms with Crippen LogP contribution in [-0.4, -0.2) is 55.5 Å². The first kappa shape index (κ1) is 23.0. The summed E-state index contributed by atoms with van der Waals surface area (Å²) in [6.07, 6.45) is 0.852. The van der Waals surface area contributed by atoms with Gasteiger partial charge in [0.15, 0.2) is 0 Å². The highest BCUT2D eigenvalue weighted by Gasteiger charge is 2.38. The van der Waals surface area contributed by atoms with E-state index < -0.39 is 29.8 Å². The summed E-state index contributed by atoms with van der Waals surface area (Å²) in [6.45, 7) is 3.72. The summed E-state index contributed by atoms with van der Waals surface area (Å²) < 4.78 is 0. The van der Waals surface area contributed by atoms with Gasteiger partial charge in [-0.3, -0.25) is 14.4 Å². The van der Waals surface area contributed by atoms with Crippen LogP contribution in [-0.2, 0) is 14.4 Å². The molecule has 28 heavy (non-hydrogen) atoms. The van der Waals surface area contributed by atoms with E-state index in [0.717, 1.165) is 0 Å². The Hall–Kier alpha value is -3.01. The van der Waals surface area contributed by atoms with Gasteiger partial charge in [0.25, 0.3) is 0 Å². The van der Waals surface area contributed by atoms with Gasteiger partial charge in [0.2, 0.25) is 17.7 Å². The number of rotatable bonds is 11. The van der Waals surface area contributed by atoms with Gasteiger partial charge in [-0.1, -0.05) is 24.1 Å². The molecule has 0 spiro atoms. The largest absolute Gasteiger partial charge is 0.368 e. The maximum atomic E-state index is 12.8. The van der Waals surface area contributed by atoms with Crippen LogP contribution in [0.3, 0.4) is 0 Å². The monoisotopic (exact) mass is 394 g/mol. The molecule has 0 aromatic rings. The Bertz CT molecular complexity index is 669. The Morgan fingerprint density at radius 2 is 1.86 bits per heavy atom. The number of hydrogen-bond acceptors (Lipinski definition) is 6. The van der Waals surface area contributed by atoms with Crippen molar-refractivity contribution < 1.29 is 14.4 Å². The third-order valence-corrected chi connectivity index (χ3v) is 4.28. The lowest BCUT2D eigenvalue weighted by atomic mass is 9.97. The summed E-state index contributed by atoms with van der Waals surface area (Å²) in [5.74, 6) is -1.81. The molecule has 0 saturated carbocycles. The lowest BCUT2D eigenvalue weighted by molar-refractivity contribution is -0.131. The molecular weight excluding hydrogens is 368 g/mol. The first-order valence-corrected chi connectivity index (χ1v) is 8.92. The van der Waals surface area contributed by atoms with Gasteiger partial charge in [0.05, 0.1) is 12.6 Å². The second-order valence-corrected chi connectivity index (χ2v) is 7.04. The lowest BCUT2D eigenvalue weighted by Gasteiger charge is -2.24. The van der Waals surface area contributed by atoms with Crippen molar-refractivity contribution in [2.24, 2.45) is 27.8 Å². The fourth-order valence-electron chi connectivity index (χ4n) is 3.09.